The van der Waals surface area contributed by atoms with Gasteiger partial charge in [0.2, 0.25) is 0 Å². The van der Waals surface area contributed by atoms with Gasteiger partial charge in [-0.05, 0) is 19.1 Å². The van der Waals surface area contributed by atoms with Crippen molar-refractivity contribution in [2.24, 2.45) is 0 Å². The standard InChI is InChI=1S/C12H20ClN3S.C3H8/c1-4-6-7-9(5-2)14-11-8-10(13)15-12(16-11)17-3;1-3-2/h8-9H,4-7H2,1-3H3,(H,14,15,16);3H2,1-2H3. The second-order valence-electron chi connectivity index (χ2n) is 4.66. The van der Waals surface area contributed by atoms with E-state index in [2.05, 4.69) is 43.0 Å². The van der Waals surface area contributed by atoms with Gasteiger partial charge in [0.15, 0.2) is 5.16 Å². The van der Waals surface area contributed by atoms with Gasteiger partial charge in [-0.25, -0.2) is 9.97 Å². The number of nitrogens with zero attached hydrogens (tertiary/aromatic N) is 2. The van der Waals surface area contributed by atoms with Gasteiger partial charge in [-0.1, -0.05) is 70.3 Å². The number of hydrogen-bond donors (Lipinski definition) is 1. The number of halogens is 1. The predicted octanol–water partition coefficient (Wildman–Crippen LogP) is 5.65. The summed E-state index contributed by atoms with van der Waals surface area (Å²) in [5.41, 5.74) is 0. The van der Waals surface area contributed by atoms with E-state index in [1.807, 2.05) is 6.26 Å². The molecule has 0 radical (unpaired) electrons. The SMILES string of the molecule is CCC.CCCCC(CC)Nc1cc(Cl)nc(SC)n1. The molecule has 20 heavy (non-hydrogen) atoms. The van der Waals surface area contributed by atoms with Gasteiger partial charge in [-0.2, -0.15) is 0 Å². The number of nitrogens with one attached hydrogen (secondary N) is 1. The maximum absolute atomic E-state index is 5.96. The summed E-state index contributed by atoms with van der Waals surface area (Å²) in [7, 11) is 0. The van der Waals surface area contributed by atoms with Crippen molar-refractivity contribution in [3.8, 4) is 0 Å². The molecule has 1 heterocycles. The number of rotatable bonds is 7. The molecule has 0 bridgehead atoms. The van der Waals surface area contributed by atoms with Crippen LogP contribution in [0.3, 0.4) is 0 Å². The normalized spacial score (nSPS) is 11.5. The lowest BCUT2D eigenvalue weighted by atomic mass is 10.1. The van der Waals surface area contributed by atoms with Crippen molar-refractivity contribution in [3.05, 3.63) is 11.2 Å². The van der Waals surface area contributed by atoms with Crippen molar-refractivity contribution >= 4 is 29.2 Å². The molecular formula is C15H28ClN3S. The van der Waals surface area contributed by atoms with Gasteiger partial charge in [-0.3, -0.25) is 0 Å². The van der Waals surface area contributed by atoms with Gasteiger partial charge in [0.05, 0.1) is 0 Å². The fraction of sp³-hybridized carbons (Fsp3) is 0.733. The first-order valence-corrected chi connectivity index (χ1v) is 9.06. The van der Waals surface area contributed by atoms with Gasteiger partial charge in [0, 0.05) is 12.1 Å². The number of aromatic nitrogens is 2. The molecule has 1 N–H and O–H groups in total. The van der Waals surface area contributed by atoms with E-state index < -0.39 is 0 Å². The molecule has 1 aromatic rings. The Hall–Kier alpha value is -0.480. The first-order valence-electron chi connectivity index (χ1n) is 7.46. The van der Waals surface area contributed by atoms with Crippen LogP contribution in [0.5, 0.6) is 0 Å². The van der Waals surface area contributed by atoms with E-state index in [0.29, 0.717) is 16.4 Å². The number of unbranched alkanes of at least 4 members (excludes halogenated alkanes) is 1. The van der Waals surface area contributed by atoms with E-state index in [4.69, 9.17) is 11.6 Å². The van der Waals surface area contributed by atoms with Crippen LogP contribution < -0.4 is 5.32 Å². The summed E-state index contributed by atoms with van der Waals surface area (Å²) in [6, 6.07) is 2.26. The predicted molar refractivity (Wildman–Crippen MR) is 92.0 cm³/mol. The Labute approximate surface area is 133 Å². The molecule has 0 amide bonds. The molecule has 0 aromatic carbocycles. The van der Waals surface area contributed by atoms with Gasteiger partial charge in [0.1, 0.15) is 11.0 Å². The highest BCUT2D eigenvalue weighted by Gasteiger charge is 2.08. The third-order valence-electron chi connectivity index (χ3n) is 2.61. The van der Waals surface area contributed by atoms with E-state index in [-0.39, 0.29) is 0 Å². The summed E-state index contributed by atoms with van der Waals surface area (Å²) in [6.45, 7) is 8.64. The molecule has 1 unspecified atom stereocenters. The zero-order chi connectivity index (χ0) is 15.4. The Morgan fingerprint density at radius 1 is 1.25 bits per heavy atom. The molecular weight excluding hydrogens is 290 g/mol. The van der Waals surface area contributed by atoms with E-state index in [1.54, 1.807) is 6.07 Å². The summed E-state index contributed by atoms with van der Waals surface area (Å²) in [4.78, 5) is 8.53. The second kappa shape index (κ2) is 12.3. The Bertz CT molecular complexity index is 361. The van der Waals surface area contributed by atoms with Crippen molar-refractivity contribution in [1.29, 1.82) is 0 Å². The minimum atomic E-state index is 0.468. The third kappa shape index (κ3) is 8.64. The summed E-state index contributed by atoms with van der Waals surface area (Å²) >= 11 is 7.46. The number of hydrogen-bond acceptors (Lipinski definition) is 4. The molecule has 0 saturated carbocycles. The highest BCUT2D eigenvalue weighted by molar-refractivity contribution is 7.98. The maximum atomic E-state index is 5.96. The lowest BCUT2D eigenvalue weighted by Crippen LogP contribution is -2.19. The molecule has 0 saturated heterocycles. The van der Waals surface area contributed by atoms with E-state index in [1.165, 1.54) is 37.4 Å². The van der Waals surface area contributed by atoms with E-state index >= 15 is 0 Å². The summed E-state index contributed by atoms with van der Waals surface area (Å²) in [5, 5.41) is 4.64. The molecule has 5 heteroatoms. The smallest absolute Gasteiger partial charge is 0.190 e. The van der Waals surface area contributed by atoms with Crippen molar-refractivity contribution in [2.45, 2.75) is 71.0 Å². The van der Waals surface area contributed by atoms with Crippen LogP contribution in [0, 0.1) is 0 Å². The van der Waals surface area contributed by atoms with Gasteiger partial charge >= 0.3 is 0 Å². The Morgan fingerprint density at radius 2 is 1.90 bits per heavy atom. The minimum absolute atomic E-state index is 0.468. The van der Waals surface area contributed by atoms with Crippen LogP contribution >= 0.6 is 23.4 Å². The van der Waals surface area contributed by atoms with Crippen molar-refractivity contribution in [1.82, 2.24) is 9.97 Å². The maximum Gasteiger partial charge on any atom is 0.190 e. The Balaban J connectivity index is 0.00000110. The average molecular weight is 318 g/mol. The molecule has 3 nitrogen and oxygen atoms in total. The lowest BCUT2D eigenvalue weighted by Gasteiger charge is -2.17. The molecule has 0 fully saturated rings. The van der Waals surface area contributed by atoms with Crippen LogP contribution in [-0.4, -0.2) is 22.3 Å². The topological polar surface area (TPSA) is 37.8 Å². The van der Waals surface area contributed by atoms with Gasteiger partial charge in [-0.15, -0.1) is 0 Å². The second-order valence-corrected chi connectivity index (χ2v) is 5.82. The van der Waals surface area contributed by atoms with Crippen LogP contribution in [0.15, 0.2) is 11.2 Å². The van der Waals surface area contributed by atoms with Crippen molar-refractivity contribution < 1.29 is 0 Å². The molecule has 1 atom stereocenters. The van der Waals surface area contributed by atoms with Crippen LogP contribution in [0.4, 0.5) is 5.82 Å². The molecule has 116 valence electrons. The fourth-order valence-corrected chi connectivity index (χ4v) is 2.21. The first kappa shape index (κ1) is 19.5. The van der Waals surface area contributed by atoms with Crippen molar-refractivity contribution in [2.75, 3.05) is 11.6 Å². The quantitative estimate of drug-likeness (QED) is 0.400. The van der Waals surface area contributed by atoms with Crippen LogP contribution in [-0.2, 0) is 0 Å². The molecule has 1 rings (SSSR count). The Kier molecular flexibility index (Phi) is 12.0. The van der Waals surface area contributed by atoms with E-state index in [0.717, 1.165) is 12.2 Å². The fourth-order valence-electron chi connectivity index (χ4n) is 1.60. The molecule has 0 aliphatic rings. The van der Waals surface area contributed by atoms with Crippen LogP contribution in [0.25, 0.3) is 0 Å². The zero-order valence-electron chi connectivity index (χ0n) is 13.4. The van der Waals surface area contributed by atoms with Crippen LogP contribution in [0.1, 0.15) is 59.8 Å². The number of thioether (sulfide) groups is 1. The summed E-state index contributed by atoms with van der Waals surface area (Å²) < 4.78 is 0. The van der Waals surface area contributed by atoms with Crippen molar-refractivity contribution in [3.63, 3.8) is 0 Å². The number of anilines is 1. The monoisotopic (exact) mass is 317 g/mol. The van der Waals surface area contributed by atoms with E-state index in [9.17, 15) is 0 Å². The largest absolute Gasteiger partial charge is 0.367 e. The highest BCUT2D eigenvalue weighted by atomic mass is 35.5. The zero-order valence-corrected chi connectivity index (χ0v) is 14.9. The first-order chi connectivity index (χ1) is 9.60. The third-order valence-corrected chi connectivity index (χ3v) is 3.35. The van der Waals surface area contributed by atoms with Crippen LogP contribution in [0.2, 0.25) is 5.15 Å². The van der Waals surface area contributed by atoms with Gasteiger partial charge in [0.25, 0.3) is 0 Å². The molecule has 0 aliphatic heterocycles. The summed E-state index contributed by atoms with van der Waals surface area (Å²) in [6.07, 6.45) is 7.92. The van der Waals surface area contributed by atoms with Gasteiger partial charge < -0.3 is 5.32 Å². The molecule has 0 aliphatic carbocycles. The molecule has 0 spiro atoms. The Morgan fingerprint density at radius 3 is 2.40 bits per heavy atom. The molecule has 1 aromatic heterocycles. The summed E-state index contributed by atoms with van der Waals surface area (Å²) in [5.74, 6) is 0.831. The minimum Gasteiger partial charge on any atom is -0.367 e. The average Bonchev–Trinajstić information content (AvgIpc) is 2.43. The highest BCUT2D eigenvalue weighted by Crippen LogP contribution is 2.19. The lowest BCUT2D eigenvalue weighted by molar-refractivity contribution is 0.590.